The molecule has 1 aliphatic rings. The Labute approximate surface area is 122 Å². The number of hydrogen-bond acceptors (Lipinski definition) is 3. The highest BCUT2D eigenvalue weighted by Gasteiger charge is 2.23. The average molecular weight is 277 g/mol. The summed E-state index contributed by atoms with van der Waals surface area (Å²) in [6.07, 6.45) is 4.63. The van der Waals surface area contributed by atoms with Crippen LogP contribution in [-0.2, 0) is 4.74 Å². The van der Waals surface area contributed by atoms with E-state index in [1.165, 1.54) is 18.4 Å². The maximum atomic E-state index is 5.75. The molecule has 1 aliphatic heterocycles. The van der Waals surface area contributed by atoms with E-state index in [0.717, 1.165) is 38.3 Å². The molecule has 3 nitrogen and oxygen atoms in total. The number of hydrogen-bond donors (Lipinski definition) is 1. The molecule has 0 radical (unpaired) electrons. The number of ether oxygens (including phenoxy) is 2. The van der Waals surface area contributed by atoms with Gasteiger partial charge in [0.05, 0.1) is 6.61 Å². The third-order valence-corrected chi connectivity index (χ3v) is 4.05. The van der Waals surface area contributed by atoms with Gasteiger partial charge in [0.1, 0.15) is 5.75 Å². The summed E-state index contributed by atoms with van der Waals surface area (Å²) in [5.74, 6) is 1.70. The summed E-state index contributed by atoms with van der Waals surface area (Å²) in [4.78, 5) is 0. The van der Waals surface area contributed by atoms with Crippen molar-refractivity contribution >= 4 is 0 Å². The number of nitrogens with one attached hydrogen (secondary N) is 1. The number of para-hydroxylation sites is 1. The molecule has 0 aromatic heterocycles. The van der Waals surface area contributed by atoms with Crippen LogP contribution in [0.25, 0.3) is 0 Å². The summed E-state index contributed by atoms with van der Waals surface area (Å²) >= 11 is 0. The van der Waals surface area contributed by atoms with Crippen LogP contribution in [0.2, 0.25) is 0 Å². The standard InChI is InChI=1S/C17H27NO2/c1-3-18-15(7-6-11-19-2)13-14-10-12-20-17-9-5-4-8-16(14)17/h4-5,8-9,14-15,18H,3,6-7,10-13H2,1-2H3. The number of fused-ring (bicyclic) bond motifs is 1. The molecule has 0 saturated heterocycles. The Morgan fingerprint density at radius 1 is 1.40 bits per heavy atom. The molecule has 2 rings (SSSR count). The summed E-state index contributed by atoms with van der Waals surface area (Å²) in [5, 5.41) is 3.62. The summed E-state index contributed by atoms with van der Waals surface area (Å²) in [6.45, 7) is 4.91. The predicted molar refractivity (Wildman–Crippen MR) is 82.5 cm³/mol. The van der Waals surface area contributed by atoms with Crippen molar-refractivity contribution in [2.45, 2.75) is 44.6 Å². The molecule has 1 aromatic rings. The summed E-state index contributed by atoms with van der Waals surface area (Å²) in [6, 6.07) is 9.06. The molecule has 0 bridgehead atoms. The number of methoxy groups -OCH3 is 1. The maximum Gasteiger partial charge on any atom is 0.122 e. The van der Waals surface area contributed by atoms with Crippen molar-refractivity contribution in [3.05, 3.63) is 29.8 Å². The minimum Gasteiger partial charge on any atom is -0.493 e. The van der Waals surface area contributed by atoms with Crippen LogP contribution < -0.4 is 10.1 Å². The molecule has 3 heteroatoms. The van der Waals surface area contributed by atoms with Gasteiger partial charge in [-0.2, -0.15) is 0 Å². The Morgan fingerprint density at radius 2 is 2.25 bits per heavy atom. The van der Waals surface area contributed by atoms with E-state index in [0.29, 0.717) is 12.0 Å². The Kier molecular flexibility index (Phi) is 6.34. The van der Waals surface area contributed by atoms with Gasteiger partial charge in [-0.3, -0.25) is 0 Å². The van der Waals surface area contributed by atoms with Gasteiger partial charge in [0, 0.05) is 19.8 Å². The van der Waals surface area contributed by atoms with Crippen LogP contribution in [0.4, 0.5) is 0 Å². The van der Waals surface area contributed by atoms with E-state index >= 15 is 0 Å². The maximum absolute atomic E-state index is 5.75. The van der Waals surface area contributed by atoms with Crippen molar-refractivity contribution in [3.8, 4) is 5.75 Å². The second kappa shape index (κ2) is 8.28. The minimum atomic E-state index is 0.575. The van der Waals surface area contributed by atoms with Crippen molar-refractivity contribution in [1.82, 2.24) is 5.32 Å². The van der Waals surface area contributed by atoms with E-state index in [1.807, 2.05) is 0 Å². The molecule has 112 valence electrons. The largest absolute Gasteiger partial charge is 0.493 e. The first-order chi connectivity index (χ1) is 9.85. The van der Waals surface area contributed by atoms with Gasteiger partial charge < -0.3 is 14.8 Å². The summed E-state index contributed by atoms with van der Waals surface area (Å²) in [5.41, 5.74) is 1.38. The van der Waals surface area contributed by atoms with Gasteiger partial charge in [0.15, 0.2) is 0 Å². The lowest BCUT2D eigenvalue weighted by molar-refractivity contribution is 0.186. The lowest BCUT2D eigenvalue weighted by atomic mass is 9.86. The molecule has 1 N–H and O–H groups in total. The van der Waals surface area contributed by atoms with Gasteiger partial charge >= 0.3 is 0 Å². The normalized spacial score (nSPS) is 19.2. The van der Waals surface area contributed by atoms with Crippen molar-refractivity contribution in [3.63, 3.8) is 0 Å². The second-order valence-electron chi connectivity index (χ2n) is 5.50. The van der Waals surface area contributed by atoms with Crippen molar-refractivity contribution in [2.75, 3.05) is 26.9 Å². The molecule has 1 heterocycles. The third kappa shape index (κ3) is 4.22. The van der Waals surface area contributed by atoms with Crippen molar-refractivity contribution < 1.29 is 9.47 Å². The molecule has 0 amide bonds. The highest BCUT2D eigenvalue weighted by atomic mass is 16.5. The molecule has 1 aromatic carbocycles. The van der Waals surface area contributed by atoms with E-state index in [2.05, 4.69) is 36.5 Å². The van der Waals surface area contributed by atoms with Crippen molar-refractivity contribution in [2.24, 2.45) is 0 Å². The summed E-state index contributed by atoms with van der Waals surface area (Å²) in [7, 11) is 1.77. The quantitative estimate of drug-likeness (QED) is 0.739. The molecule has 20 heavy (non-hydrogen) atoms. The number of benzene rings is 1. The zero-order chi connectivity index (χ0) is 14.2. The predicted octanol–water partition coefficient (Wildman–Crippen LogP) is 3.35. The fraction of sp³-hybridized carbons (Fsp3) is 0.647. The molecule has 0 spiro atoms. The van der Waals surface area contributed by atoms with E-state index < -0.39 is 0 Å². The van der Waals surface area contributed by atoms with Crippen LogP contribution in [0.1, 0.15) is 44.1 Å². The Bertz CT molecular complexity index is 394. The number of rotatable bonds is 8. The van der Waals surface area contributed by atoms with Gasteiger partial charge in [-0.1, -0.05) is 25.1 Å². The van der Waals surface area contributed by atoms with Gasteiger partial charge in [-0.05, 0) is 49.8 Å². The Hall–Kier alpha value is -1.06. The monoisotopic (exact) mass is 277 g/mol. The zero-order valence-corrected chi connectivity index (χ0v) is 12.7. The molecule has 0 aliphatic carbocycles. The molecule has 0 saturated carbocycles. The van der Waals surface area contributed by atoms with Crippen LogP contribution in [0.5, 0.6) is 5.75 Å². The van der Waals surface area contributed by atoms with Crippen LogP contribution in [0, 0.1) is 0 Å². The zero-order valence-electron chi connectivity index (χ0n) is 12.7. The van der Waals surface area contributed by atoms with E-state index in [4.69, 9.17) is 9.47 Å². The molecule has 2 atom stereocenters. The highest BCUT2D eigenvalue weighted by molar-refractivity contribution is 5.37. The molecular weight excluding hydrogens is 250 g/mol. The summed E-state index contributed by atoms with van der Waals surface area (Å²) < 4.78 is 10.9. The van der Waals surface area contributed by atoms with E-state index in [-0.39, 0.29) is 0 Å². The van der Waals surface area contributed by atoms with Crippen LogP contribution in [0.3, 0.4) is 0 Å². The molecular formula is C17H27NO2. The first-order valence-electron chi connectivity index (χ1n) is 7.79. The van der Waals surface area contributed by atoms with Gasteiger partial charge in [-0.15, -0.1) is 0 Å². The van der Waals surface area contributed by atoms with Crippen LogP contribution >= 0.6 is 0 Å². The van der Waals surface area contributed by atoms with Crippen LogP contribution in [0.15, 0.2) is 24.3 Å². The van der Waals surface area contributed by atoms with Crippen LogP contribution in [-0.4, -0.2) is 32.9 Å². The fourth-order valence-corrected chi connectivity index (χ4v) is 3.07. The van der Waals surface area contributed by atoms with Crippen molar-refractivity contribution in [1.29, 1.82) is 0 Å². The fourth-order valence-electron chi connectivity index (χ4n) is 3.07. The van der Waals surface area contributed by atoms with Gasteiger partial charge in [0.25, 0.3) is 0 Å². The second-order valence-corrected chi connectivity index (χ2v) is 5.50. The van der Waals surface area contributed by atoms with Gasteiger partial charge in [0.2, 0.25) is 0 Å². The molecule has 2 unspecified atom stereocenters. The minimum absolute atomic E-state index is 0.575. The third-order valence-electron chi connectivity index (χ3n) is 4.05. The molecule has 0 fully saturated rings. The lowest BCUT2D eigenvalue weighted by Crippen LogP contribution is -2.32. The Balaban J connectivity index is 1.96. The van der Waals surface area contributed by atoms with E-state index in [9.17, 15) is 0 Å². The highest BCUT2D eigenvalue weighted by Crippen LogP contribution is 2.36. The SMILES string of the molecule is CCNC(CCCOC)CC1CCOc2ccccc21. The van der Waals surface area contributed by atoms with Gasteiger partial charge in [-0.25, -0.2) is 0 Å². The van der Waals surface area contributed by atoms with E-state index in [1.54, 1.807) is 7.11 Å². The average Bonchev–Trinajstić information content (AvgIpc) is 2.48. The first kappa shape index (κ1) is 15.3. The lowest BCUT2D eigenvalue weighted by Gasteiger charge is -2.29. The topological polar surface area (TPSA) is 30.5 Å². The smallest absolute Gasteiger partial charge is 0.122 e. The Morgan fingerprint density at radius 3 is 3.05 bits per heavy atom. The first-order valence-corrected chi connectivity index (χ1v) is 7.79.